The third-order valence-corrected chi connectivity index (χ3v) is 4.19. The summed E-state index contributed by atoms with van der Waals surface area (Å²) in [4.78, 5) is 16.5. The molecular weight excluding hydrogens is 304 g/mol. The Balaban J connectivity index is 2.38. The minimum atomic E-state index is 0.132. The zero-order valence-corrected chi connectivity index (χ0v) is 13.4. The first-order valence-corrected chi connectivity index (χ1v) is 7.54. The number of ketones is 1. The molecule has 104 valence electrons. The van der Waals surface area contributed by atoms with E-state index in [9.17, 15) is 4.79 Å². The second-order valence-electron chi connectivity index (χ2n) is 5.38. The van der Waals surface area contributed by atoms with Crippen LogP contribution in [0.4, 0.5) is 5.69 Å². The molecule has 1 saturated heterocycles. The van der Waals surface area contributed by atoms with Gasteiger partial charge in [-0.3, -0.25) is 4.79 Å². The van der Waals surface area contributed by atoms with Crippen LogP contribution in [0.3, 0.4) is 0 Å². The second kappa shape index (κ2) is 6.06. The molecule has 0 amide bonds. The van der Waals surface area contributed by atoms with Gasteiger partial charge in [0.15, 0.2) is 5.78 Å². The fourth-order valence-corrected chi connectivity index (χ4v) is 3.12. The zero-order valence-electron chi connectivity index (χ0n) is 11.8. The molecule has 1 atom stereocenters. The molecule has 0 radical (unpaired) electrons. The lowest BCUT2D eigenvalue weighted by Gasteiger charge is -2.31. The summed E-state index contributed by atoms with van der Waals surface area (Å²) in [6.45, 7) is 7.02. The number of likely N-dealkylation sites (N-methyl/N-ethyl adjacent to an activating group) is 1. The van der Waals surface area contributed by atoms with Crippen LogP contribution in [0, 0.1) is 0 Å². The number of hydrogen-bond acceptors (Lipinski definition) is 3. The van der Waals surface area contributed by atoms with E-state index in [0.29, 0.717) is 6.04 Å². The quantitative estimate of drug-likeness (QED) is 0.780. The fourth-order valence-electron chi connectivity index (χ4n) is 2.77. The Bertz CT molecular complexity index is 475. The van der Waals surface area contributed by atoms with Gasteiger partial charge in [0.2, 0.25) is 0 Å². The molecule has 1 unspecified atom stereocenters. The van der Waals surface area contributed by atoms with Gasteiger partial charge in [0.25, 0.3) is 0 Å². The van der Waals surface area contributed by atoms with E-state index < -0.39 is 0 Å². The average Bonchev–Trinajstić information content (AvgIpc) is 2.49. The maximum Gasteiger partial charge on any atom is 0.161 e. The van der Waals surface area contributed by atoms with E-state index in [1.165, 1.54) is 0 Å². The Kier molecular flexibility index (Phi) is 4.63. The number of benzene rings is 1. The summed E-state index contributed by atoms with van der Waals surface area (Å²) in [5.74, 6) is 0.132. The van der Waals surface area contributed by atoms with Gasteiger partial charge in [-0.1, -0.05) is 15.9 Å². The Morgan fingerprint density at radius 3 is 2.79 bits per heavy atom. The molecule has 1 aromatic rings. The van der Waals surface area contributed by atoms with Crippen LogP contribution in [0.25, 0.3) is 0 Å². The van der Waals surface area contributed by atoms with Crippen LogP contribution >= 0.6 is 15.9 Å². The summed E-state index contributed by atoms with van der Waals surface area (Å²) in [5.41, 5.74) is 1.88. The Morgan fingerprint density at radius 1 is 1.37 bits per heavy atom. The van der Waals surface area contributed by atoms with Crippen molar-refractivity contribution in [3.8, 4) is 0 Å². The highest BCUT2D eigenvalue weighted by atomic mass is 79.9. The molecule has 2 rings (SSSR count). The minimum Gasteiger partial charge on any atom is -0.367 e. The topological polar surface area (TPSA) is 23.6 Å². The Morgan fingerprint density at radius 2 is 2.11 bits per heavy atom. The van der Waals surface area contributed by atoms with E-state index >= 15 is 0 Å². The number of carbonyl (C=O) groups is 1. The molecule has 0 saturated carbocycles. The number of nitrogens with zero attached hydrogens (tertiary/aromatic N) is 2. The predicted molar refractivity (Wildman–Crippen MR) is 83.1 cm³/mol. The first-order valence-electron chi connectivity index (χ1n) is 6.74. The van der Waals surface area contributed by atoms with E-state index in [2.05, 4.69) is 45.8 Å². The lowest BCUT2D eigenvalue weighted by atomic mass is 10.1. The molecular formula is C15H21BrN2O. The van der Waals surface area contributed by atoms with Gasteiger partial charge in [-0.05, 0) is 52.1 Å². The summed E-state index contributed by atoms with van der Waals surface area (Å²) >= 11 is 3.51. The molecule has 0 aliphatic carbocycles. The van der Waals surface area contributed by atoms with Crippen LogP contribution in [-0.4, -0.2) is 43.4 Å². The summed E-state index contributed by atoms with van der Waals surface area (Å²) < 4.78 is 1.03. The maximum absolute atomic E-state index is 11.8. The smallest absolute Gasteiger partial charge is 0.161 e. The number of carbonyl (C=O) groups excluding carboxylic acids is 1. The summed E-state index contributed by atoms with van der Waals surface area (Å²) in [5, 5.41) is 0. The molecule has 1 fully saturated rings. The van der Waals surface area contributed by atoms with Crippen molar-refractivity contribution in [2.45, 2.75) is 26.3 Å². The molecule has 19 heavy (non-hydrogen) atoms. The number of halogens is 1. The van der Waals surface area contributed by atoms with Crippen LogP contribution in [0.2, 0.25) is 0 Å². The van der Waals surface area contributed by atoms with Crippen molar-refractivity contribution in [1.29, 1.82) is 0 Å². The second-order valence-corrected chi connectivity index (χ2v) is 6.29. The molecule has 0 aromatic heterocycles. The number of anilines is 1. The standard InChI is InChI=1S/C15H21BrN2O/c1-11-10-17(3)7-4-8-18(11)15-9-13(16)5-6-14(15)12(2)19/h5-6,9,11H,4,7-8,10H2,1-3H3. The first kappa shape index (κ1) is 14.5. The van der Waals surface area contributed by atoms with Crippen LogP contribution in [0.15, 0.2) is 22.7 Å². The summed E-state index contributed by atoms with van der Waals surface area (Å²) in [6.07, 6.45) is 1.13. The van der Waals surface area contributed by atoms with Gasteiger partial charge < -0.3 is 9.80 Å². The van der Waals surface area contributed by atoms with Gasteiger partial charge >= 0.3 is 0 Å². The van der Waals surface area contributed by atoms with E-state index in [0.717, 1.165) is 41.8 Å². The normalized spacial score (nSPS) is 21.3. The lowest BCUT2D eigenvalue weighted by molar-refractivity contribution is 0.101. The summed E-state index contributed by atoms with van der Waals surface area (Å²) in [6, 6.07) is 6.34. The van der Waals surface area contributed by atoms with E-state index in [1.54, 1.807) is 6.92 Å². The van der Waals surface area contributed by atoms with Crippen molar-refractivity contribution in [3.63, 3.8) is 0 Å². The Hall–Kier alpha value is -0.870. The van der Waals surface area contributed by atoms with Crippen LogP contribution in [0.5, 0.6) is 0 Å². The van der Waals surface area contributed by atoms with Gasteiger partial charge in [0.1, 0.15) is 0 Å². The molecule has 1 aliphatic rings. The van der Waals surface area contributed by atoms with Crippen molar-refractivity contribution in [3.05, 3.63) is 28.2 Å². The van der Waals surface area contributed by atoms with Crippen LogP contribution in [-0.2, 0) is 0 Å². The summed E-state index contributed by atoms with van der Waals surface area (Å²) in [7, 11) is 2.16. The van der Waals surface area contributed by atoms with Gasteiger partial charge in [-0.25, -0.2) is 0 Å². The largest absolute Gasteiger partial charge is 0.367 e. The van der Waals surface area contributed by atoms with Gasteiger partial charge in [-0.15, -0.1) is 0 Å². The van der Waals surface area contributed by atoms with Crippen molar-refractivity contribution >= 4 is 27.4 Å². The monoisotopic (exact) mass is 324 g/mol. The molecule has 0 N–H and O–H groups in total. The zero-order chi connectivity index (χ0) is 14.0. The maximum atomic E-state index is 11.8. The van der Waals surface area contributed by atoms with Crippen molar-refractivity contribution in [2.75, 3.05) is 31.6 Å². The lowest BCUT2D eigenvalue weighted by Crippen LogP contribution is -2.38. The fraction of sp³-hybridized carbons (Fsp3) is 0.533. The third-order valence-electron chi connectivity index (χ3n) is 3.70. The van der Waals surface area contributed by atoms with Crippen molar-refractivity contribution in [2.24, 2.45) is 0 Å². The number of Topliss-reactive ketones (excluding diaryl/α,β-unsaturated/α-hetero) is 1. The van der Waals surface area contributed by atoms with E-state index in [-0.39, 0.29) is 5.78 Å². The minimum absolute atomic E-state index is 0.132. The molecule has 1 aromatic carbocycles. The molecule has 1 aliphatic heterocycles. The predicted octanol–water partition coefficient (Wildman–Crippen LogP) is 3.18. The van der Waals surface area contributed by atoms with Gasteiger partial charge in [-0.2, -0.15) is 0 Å². The van der Waals surface area contributed by atoms with E-state index in [4.69, 9.17) is 0 Å². The number of hydrogen-bond donors (Lipinski definition) is 0. The average molecular weight is 325 g/mol. The van der Waals surface area contributed by atoms with Gasteiger partial charge in [0.05, 0.1) is 0 Å². The van der Waals surface area contributed by atoms with Crippen LogP contribution < -0.4 is 4.90 Å². The van der Waals surface area contributed by atoms with Crippen LogP contribution in [0.1, 0.15) is 30.6 Å². The number of rotatable bonds is 2. The molecule has 1 heterocycles. The molecule has 0 bridgehead atoms. The SMILES string of the molecule is CC(=O)c1ccc(Br)cc1N1CCCN(C)CC1C. The highest BCUT2D eigenvalue weighted by Crippen LogP contribution is 2.28. The molecule has 3 nitrogen and oxygen atoms in total. The van der Waals surface area contributed by atoms with Crippen molar-refractivity contribution in [1.82, 2.24) is 4.90 Å². The van der Waals surface area contributed by atoms with Gasteiger partial charge in [0, 0.05) is 34.9 Å². The molecule has 4 heteroatoms. The highest BCUT2D eigenvalue weighted by Gasteiger charge is 2.23. The van der Waals surface area contributed by atoms with Crippen molar-refractivity contribution < 1.29 is 4.79 Å². The Labute approximate surface area is 123 Å². The third kappa shape index (κ3) is 3.37. The van der Waals surface area contributed by atoms with E-state index in [1.807, 2.05) is 12.1 Å². The highest BCUT2D eigenvalue weighted by molar-refractivity contribution is 9.10. The first-order chi connectivity index (χ1) is 8.99. The molecule has 0 spiro atoms.